The number of hydrogen-bond acceptors (Lipinski definition) is 4. The van der Waals surface area contributed by atoms with Gasteiger partial charge in [0.05, 0.1) is 18.2 Å². The van der Waals surface area contributed by atoms with Crippen LogP contribution in [-0.2, 0) is 17.6 Å². The van der Waals surface area contributed by atoms with Gasteiger partial charge in [0.2, 0.25) is 5.91 Å². The van der Waals surface area contributed by atoms with Gasteiger partial charge in [-0.1, -0.05) is 6.07 Å². The fraction of sp³-hybridized carbons (Fsp3) is 0.219. The van der Waals surface area contributed by atoms with Crippen LogP contribution in [0.25, 0.3) is 22.0 Å². The third-order valence-corrected chi connectivity index (χ3v) is 7.42. The molecule has 3 aromatic heterocycles. The number of amides is 1. The summed E-state index contributed by atoms with van der Waals surface area (Å²) in [5.74, 6) is -1.34. The third kappa shape index (κ3) is 5.94. The number of H-pyrrole nitrogens is 1. The van der Waals surface area contributed by atoms with Gasteiger partial charge in [0, 0.05) is 59.8 Å². The maximum atomic E-state index is 14.2. The van der Waals surface area contributed by atoms with E-state index < -0.39 is 23.5 Å². The van der Waals surface area contributed by atoms with Gasteiger partial charge in [-0.2, -0.15) is 0 Å². The van der Waals surface area contributed by atoms with Crippen molar-refractivity contribution in [3.63, 3.8) is 0 Å². The Hall–Kier alpha value is -4.66. The molecule has 5 aromatic rings. The highest BCUT2D eigenvalue weighted by atomic mass is 19.1. The molecular weight excluding hydrogens is 527 g/mol. The first kappa shape index (κ1) is 26.6. The molecule has 6 nitrogen and oxygen atoms in total. The van der Waals surface area contributed by atoms with Crippen LogP contribution >= 0.6 is 0 Å². The zero-order valence-corrected chi connectivity index (χ0v) is 22.2. The van der Waals surface area contributed by atoms with Crippen LogP contribution in [0.1, 0.15) is 35.7 Å². The third-order valence-electron chi connectivity index (χ3n) is 7.42. The molecule has 2 N–H and O–H groups in total. The molecule has 6 rings (SSSR count). The topological polar surface area (TPSA) is 73.9 Å². The fourth-order valence-electron chi connectivity index (χ4n) is 5.51. The van der Waals surface area contributed by atoms with E-state index in [2.05, 4.69) is 20.2 Å². The largest absolute Gasteiger partial charge is 0.361 e. The van der Waals surface area contributed by atoms with E-state index in [9.17, 15) is 18.0 Å². The van der Waals surface area contributed by atoms with Crippen molar-refractivity contribution >= 4 is 22.6 Å². The molecular formula is C32H28F3N5O. The van der Waals surface area contributed by atoms with Crippen LogP contribution in [0, 0.1) is 17.5 Å². The molecule has 1 fully saturated rings. The van der Waals surface area contributed by atoms with Crippen molar-refractivity contribution in [1.82, 2.24) is 20.3 Å². The van der Waals surface area contributed by atoms with Gasteiger partial charge >= 0.3 is 0 Å². The van der Waals surface area contributed by atoms with Gasteiger partial charge in [-0.3, -0.25) is 9.78 Å². The van der Waals surface area contributed by atoms with Crippen LogP contribution in [0.5, 0.6) is 0 Å². The van der Waals surface area contributed by atoms with E-state index in [1.165, 1.54) is 24.3 Å². The Morgan fingerprint density at radius 2 is 1.78 bits per heavy atom. The Morgan fingerprint density at radius 1 is 0.976 bits per heavy atom. The number of carbonyl (C=O) groups excluding carboxylic acids is 1. The summed E-state index contributed by atoms with van der Waals surface area (Å²) in [6, 6.07) is 14.6. The predicted octanol–water partition coefficient (Wildman–Crippen LogP) is 6.29. The van der Waals surface area contributed by atoms with Crippen LogP contribution in [0.15, 0.2) is 79.3 Å². The minimum Gasteiger partial charge on any atom is -0.361 e. The first-order valence-corrected chi connectivity index (χ1v) is 13.6. The fourth-order valence-corrected chi connectivity index (χ4v) is 5.51. The van der Waals surface area contributed by atoms with Gasteiger partial charge in [-0.05, 0) is 78.9 Å². The maximum absolute atomic E-state index is 14.2. The number of nitrogens with zero attached hydrogens (tertiary/aromatic N) is 3. The second-order valence-corrected chi connectivity index (χ2v) is 10.3. The summed E-state index contributed by atoms with van der Waals surface area (Å²) in [4.78, 5) is 28.1. The van der Waals surface area contributed by atoms with Crippen molar-refractivity contribution in [2.24, 2.45) is 0 Å². The Balaban J connectivity index is 1.40. The van der Waals surface area contributed by atoms with Gasteiger partial charge in [0.25, 0.3) is 0 Å². The van der Waals surface area contributed by atoms with E-state index >= 15 is 0 Å². The van der Waals surface area contributed by atoms with Crippen molar-refractivity contribution < 1.29 is 18.0 Å². The van der Waals surface area contributed by atoms with E-state index in [0.29, 0.717) is 22.2 Å². The van der Waals surface area contributed by atoms with Crippen molar-refractivity contribution in [3.05, 3.63) is 114 Å². The Labute approximate surface area is 235 Å². The first-order valence-electron chi connectivity index (χ1n) is 13.6. The summed E-state index contributed by atoms with van der Waals surface area (Å²) < 4.78 is 42.3. The van der Waals surface area contributed by atoms with E-state index in [4.69, 9.17) is 4.98 Å². The molecule has 1 saturated heterocycles. The lowest BCUT2D eigenvalue weighted by molar-refractivity contribution is -0.121. The van der Waals surface area contributed by atoms with Gasteiger partial charge < -0.3 is 15.2 Å². The molecule has 1 amide bonds. The zero-order chi connectivity index (χ0) is 28.3. The lowest BCUT2D eigenvalue weighted by Crippen LogP contribution is -2.32. The average Bonchev–Trinajstić information content (AvgIpc) is 3.63. The van der Waals surface area contributed by atoms with Crippen molar-refractivity contribution in [2.75, 3.05) is 18.0 Å². The number of hydrogen-bond donors (Lipinski definition) is 2. The number of rotatable bonds is 8. The SMILES string of the molecule is O=C(Cc1c[nH]c2ccc(F)cc12)N[C@@H](Cc1cc(F)cc(F)c1)c1nc(N2CCCC2)ccc1-c1cccnc1. The number of aromatic amines is 1. The monoisotopic (exact) mass is 555 g/mol. The summed E-state index contributed by atoms with van der Waals surface area (Å²) in [6.45, 7) is 1.75. The molecule has 0 aliphatic carbocycles. The molecule has 0 unspecified atom stereocenters. The molecule has 1 aliphatic heterocycles. The number of carbonyl (C=O) groups is 1. The van der Waals surface area contributed by atoms with Crippen LogP contribution in [0.4, 0.5) is 19.0 Å². The summed E-state index contributed by atoms with van der Waals surface area (Å²) in [5, 5.41) is 3.69. The second-order valence-electron chi connectivity index (χ2n) is 10.3. The maximum Gasteiger partial charge on any atom is 0.225 e. The number of fused-ring (bicyclic) bond motifs is 1. The van der Waals surface area contributed by atoms with Crippen LogP contribution in [0.2, 0.25) is 0 Å². The number of aromatic nitrogens is 3. The molecule has 208 valence electrons. The minimum absolute atomic E-state index is 0.0223. The molecule has 4 heterocycles. The average molecular weight is 556 g/mol. The molecule has 0 bridgehead atoms. The van der Waals surface area contributed by atoms with Crippen molar-refractivity contribution in [3.8, 4) is 11.1 Å². The normalized spacial score (nSPS) is 14.0. The predicted molar refractivity (Wildman–Crippen MR) is 152 cm³/mol. The first-order chi connectivity index (χ1) is 19.9. The van der Waals surface area contributed by atoms with Crippen LogP contribution < -0.4 is 10.2 Å². The highest BCUT2D eigenvalue weighted by Crippen LogP contribution is 2.32. The lowest BCUT2D eigenvalue weighted by atomic mass is 9.95. The van der Waals surface area contributed by atoms with E-state index in [-0.39, 0.29) is 18.7 Å². The number of anilines is 1. The highest BCUT2D eigenvalue weighted by Gasteiger charge is 2.25. The lowest BCUT2D eigenvalue weighted by Gasteiger charge is -2.24. The minimum atomic E-state index is -0.719. The van der Waals surface area contributed by atoms with Gasteiger partial charge in [-0.25, -0.2) is 18.2 Å². The number of nitrogens with one attached hydrogen (secondary N) is 2. The molecule has 0 radical (unpaired) electrons. The standard InChI is InChI=1S/C32H28F3N5O/c33-23-5-7-28-27(17-23)22(19-37-28)15-31(41)38-29(14-20-12-24(34)16-25(35)13-20)32-26(21-4-3-9-36-18-21)6-8-30(39-32)40-10-1-2-11-40/h3-9,12-13,16-19,29,37H,1-2,10-11,14-15H2,(H,38,41)/t29-/m0/s1. The van der Waals surface area contributed by atoms with Crippen molar-refractivity contribution in [1.29, 1.82) is 0 Å². The smallest absolute Gasteiger partial charge is 0.225 e. The highest BCUT2D eigenvalue weighted by molar-refractivity contribution is 5.89. The number of halogens is 3. The van der Waals surface area contributed by atoms with Crippen LogP contribution in [0.3, 0.4) is 0 Å². The molecule has 2 aromatic carbocycles. The van der Waals surface area contributed by atoms with Crippen molar-refractivity contribution in [2.45, 2.75) is 31.7 Å². The molecule has 1 aliphatic rings. The molecule has 0 saturated carbocycles. The quantitative estimate of drug-likeness (QED) is 0.236. The summed E-state index contributed by atoms with van der Waals surface area (Å²) in [6.07, 6.45) is 7.29. The number of benzene rings is 2. The van der Waals surface area contributed by atoms with Gasteiger partial charge in [0.15, 0.2) is 0 Å². The molecule has 9 heteroatoms. The Morgan fingerprint density at radius 3 is 2.54 bits per heavy atom. The van der Waals surface area contributed by atoms with Gasteiger partial charge in [-0.15, -0.1) is 0 Å². The molecule has 0 spiro atoms. The van der Waals surface area contributed by atoms with Gasteiger partial charge in [0.1, 0.15) is 23.3 Å². The van der Waals surface area contributed by atoms with E-state index in [1.54, 1.807) is 24.7 Å². The van der Waals surface area contributed by atoms with Crippen LogP contribution in [-0.4, -0.2) is 33.9 Å². The summed E-state index contributed by atoms with van der Waals surface area (Å²) >= 11 is 0. The van der Waals surface area contributed by atoms with E-state index in [1.807, 2.05) is 24.3 Å². The number of pyridine rings is 2. The summed E-state index contributed by atoms with van der Waals surface area (Å²) in [7, 11) is 0. The Bertz CT molecular complexity index is 1680. The Kier molecular flexibility index (Phi) is 7.41. The molecule has 1 atom stereocenters. The molecule has 41 heavy (non-hydrogen) atoms. The second kappa shape index (κ2) is 11.4. The zero-order valence-electron chi connectivity index (χ0n) is 22.2. The summed E-state index contributed by atoms with van der Waals surface area (Å²) in [5.41, 5.74) is 3.88. The van der Waals surface area contributed by atoms with E-state index in [0.717, 1.165) is 54.5 Å².